The molecule has 0 radical (unpaired) electrons. The highest BCUT2D eigenvalue weighted by Gasteiger charge is 2.28. The summed E-state index contributed by atoms with van der Waals surface area (Å²) in [6.45, 7) is 4.97. The maximum absolute atomic E-state index is 12.2. The molecule has 2 N–H and O–H groups in total. The van der Waals surface area contributed by atoms with Crippen LogP contribution in [0.25, 0.3) is 0 Å². The first-order valence-corrected chi connectivity index (χ1v) is 7.29. The van der Waals surface area contributed by atoms with Crippen molar-refractivity contribution in [1.29, 1.82) is 0 Å². The topological polar surface area (TPSA) is 69.6 Å². The molecule has 1 aliphatic heterocycles. The van der Waals surface area contributed by atoms with Crippen LogP contribution in [-0.2, 0) is 9.59 Å². The summed E-state index contributed by atoms with van der Waals surface area (Å²) in [6.07, 6.45) is 1.91. The molecule has 5 heteroatoms. The molecule has 21 heavy (non-hydrogen) atoms. The van der Waals surface area contributed by atoms with Gasteiger partial charge in [0, 0.05) is 11.7 Å². The summed E-state index contributed by atoms with van der Waals surface area (Å²) in [5, 5.41) is 11.9. The summed E-state index contributed by atoms with van der Waals surface area (Å²) in [7, 11) is 0. The quantitative estimate of drug-likeness (QED) is 0.872. The van der Waals surface area contributed by atoms with Gasteiger partial charge in [0.25, 0.3) is 0 Å². The molecule has 1 atom stereocenters. The minimum atomic E-state index is -0.804. The normalized spacial score (nSPS) is 18.7. The van der Waals surface area contributed by atoms with Crippen LogP contribution in [-0.4, -0.2) is 41.0 Å². The molecule has 1 aromatic carbocycles. The first kappa shape index (κ1) is 15.5. The van der Waals surface area contributed by atoms with E-state index in [4.69, 9.17) is 5.11 Å². The van der Waals surface area contributed by atoms with Crippen LogP contribution in [0.1, 0.15) is 30.4 Å². The Hall–Kier alpha value is -1.88. The molecule has 1 fully saturated rings. The van der Waals surface area contributed by atoms with Gasteiger partial charge in [0.1, 0.15) is 0 Å². The third-order valence-corrected chi connectivity index (χ3v) is 4.00. The molecule has 0 aliphatic carbocycles. The zero-order valence-electron chi connectivity index (χ0n) is 12.6. The number of carbonyl (C=O) groups is 2. The molecule has 0 bridgehead atoms. The number of amides is 1. The van der Waals surface area contributed by atoms with Gasteiger partial charge in [-0.15, -0.1) is 0 Å². The maximum atomic E-state index is 12.2. The summed E-state index contributed by atoms with van der Waals surface area (Å²) in [6, 6.07) is 5.87. The third-order valence-electron chi connectivity index (χ3n) is 4.00. The Labute approximate surface area is 125 Å². The molecule has 1 aliphatic rings. The lowest BCUT2D eigenvalue weighted by atomic mass is 10.1. The zero-order valence-corrected chi connectivity index (χ0v) is 12.6. The Morgan fingerprint density at radius 1 is 1.33 bits per heavy atom. The third kappa shape index (κ3) is 4.04. The van der Waals surface area contributed by atoms with E-state index in [1.54, 1.807) is 0 Å². The van der Waals surface area contributed by atoms with Gasteiger partial charge in [0.2, 0.25) is 5.91 Å². The molecule has 1 aromatic rings. The van der Waals surface area contributed by atoms with E-state index in [0.29, 0.717) is 0 Å². The van der Waals surface area contributed by atoms with E-state index >= 15 is 0 Å². The largest absolute Gasteiger partial charge is 0.481 e. The van der Waals surface area contributed by atoms with Gasteiger partial charge in [-0.2, -0.15) is 0 Å². The lowest BCUT2D eigenvalue weighted by Gasteiger charge is -2.23. The summed E-state index contributed by atoms with van der Waals surface area (Å²) < 4.78 is 0. The highest BCUT2D eigenvalue weighted by Crippen LogP contribution is 2.22. The standard InChI is InChI=1S/C16H22N2O3/c1-11-5-3-6-12(2)16(11)17-14(19)10-18-8-4-7-13(18)9-15(20)21/h3,5-6,13H,4,7-10H2,1-2H3,(H,17,19)(H,20,21). The minimum Gasteiger partial charge on any atom is -0.481 e. The molecule has 1 saturated heterocycles. The molecule has 2 rings (SSSR count). The predicted molar refractivity (Wildman–Crippen MR) is 81.4 cm³/mol. The van der Waals surface area contributed by atoms with Crippen molar-refractivity contribution in [1.82, 2.24) is 4.90 Å². The zero-order chi connectivity index (χ0) is 15.4. The number of anilines is 1. The summed E-state index contributed by atoms with van der Waals surface area (Å²) in [5.74, 6) is -0.883. The first-order valence-electron chi connectivity index (χ1n) is 7.29. The van der Waals surface area contributed by atoms with Gasteiger partial charge in [-0.1, -0.05) is 18.2 Å². The van der Waals surface area contributed by atoms with Gasteiger partial charge < -0.3 is 10.4 Å². The fourth-order valence-corrected chi connectivity index (χ4v) is 2.91. The van der Waals surface area contributed by atoms with Crippen molar-refractivity contribution >= 4 is 17.6 Å². The van der Waals surface area contributed by atoms with Gasteiger partial charge in [0.15, 0.2) is 0 Å². The predicted octanol–water partition coefficient (Wildman–Crippen LogP) is 2.18. The molecular weight excluding hydrogens is 268 g/mol. The average molecular weight is 290 g/mol. The molecule has 1 unspecified atom stereocenters. The van der Waals surface area contributed by atoms with Gasteiger partial charge in [0.05, 0.1) is 13.0 Å². The Morgan fingerprint density at radius 3 is 2.62 bits per heavy atom. The number of nitrogens with one attached hydrogen (secondary N) is 1. The summed E-state index contributed by atoms with van der Waals surface area (Å²) in [5.41, 5.74) is 2.93. The second-order valence-corrected chi connectivity index (χ2v) is 5.68. The van der Waals surface area contributed by atoms with Crippen LogP contribution in [0.15, 0.2) is 18.2 Å². The molecule has 1 heterocycles. The van der Waals surface area contributed by atoms with Crippen LogP contribution in [0, 0.1) is 13.8 Å². The van der Waals surface area contributed by atoms with E-state index in [1.165, 1.54) is 0 Å². The number of carboxylic acid groups (broad SMARTS) is 1. The lowest BCUT2D eigenvalue weighted by Crippen LogP contribution is -2.38. The monoisotopic (exact) mass is 290 g/mol. The number of aliphatic carboxylic acids is 1. The average Bonchev–Trinajstić information content (AvgIpc) is 2.80. The summed E-state index contributed by atoms with van der Waals surface area (Å²) >= 11 is 0. The SMILES string of the molecule is Cc1cccc(C)c1NC(=O)CN1CCCC1CC(=O)O. The number of benzene rings is 1. The number of aryl methyl sites for hydroxylation is 2. The number of hydrogen-bond donors (Lipinski definition) is 2. The van der Waals surface area contributed by atoms with Crippen molar-refractivity contribution in [2.75, 3.05) is 18.4 Å². The van der Waals surface area contributed by atoms with Crippen LogP contribution in [0.2, 0.25) is 0 Å². The molecule has 0 spiro atoms. The molecule has 1 amide bonds. The number of carboxylic acids is 1. The second-order valence-electron chi connectivity index (χ2n) is 5.68. The molecular formula is C16H22N2O3. The van der Waals surface area contributed by atoms with E-state index in [-0.39, 0.29) is 24.9 Å². The highest BCUT2D eigenvalue weighted by atomic mass is 16.4. The van der Waals surface area contributed by atoms with Crippen molar-refractivity contribution in [3.8, 4) is 0 Å². The number of para-hydroxylation sites is 1. The van der Waals surface area contributed by atoms with Gasteiger partial charge in [-0.05, 0) is 44.4 Å². The number of hydrogen-bond acceptors (Lipinski definition) is 3. The molecule has 0 aromatic heterocycles. The van der Waals surface area contributed by atoms with Crippen LogP contribution in [0.3, 0.4) is 0 Å². The molecule has 0 saturated carbocycles. The van der Waals surface area contributed by atoms with E-state index in [1.807, 2.05) is 36.9 Å². The fourth-order valence-electron chi connectivity index (χ4n) is 2.91. The van der Waals surface area contributed by atoms with Crippen molar-refractivity contribution < 1.29 is 14.7 Å². The van der Waals surface area contributed by atoms with Crippen molar-refractivity contribution in [3.05, 3.63) is 29.3 Å². The Balaban J connectivity index is 1.97. The van der Waals surface area contributed by atoms with Crippen LogP contribution in [0.5, 0.6) is 0 Å². The van der Waals surface area contributed by atoms with E-state index in [2.05, 4.69) is 5.32 Å². The number of likely N-dealkylation sites (tertiary alicyclic amines) is 1. The number of carbonyl (C=O) groups excluding carboxylic acids is 1. The van der Waals surface area contributed by atoms with Crippen molar-refractivity contribution in [2.45, 2.75) is 39.2 Å². The molecule has 114 valence electrons. The lowest BCUT2D eigenvalue weighted by molar-refractivity contribution is -0.138. The van der Waals surface area contributed by atoms with Crippen LogP contribution < -0.4 is 5.32 Å². The van der Waals surface area contributed by atoms with Gasteiger partial charge in [-0.25, -0.2) is 0 Å². The smallest absolute Gasteiger partial charge is 0.304 e. The maximum Gasteiger partial charge on any atom is 0.304 e. The van der Waals surface area contributed by atoms with E-state index < -0.39 is 5.97 Å². The van der Waals surface area contributed by atoms with Crippen LogP contribution >= 0.6 is 0 Å². The van der Waals surface area contributed by atoms with E-state index in [9.17, 15) is 9.59 Å². The first-order chi connectivity index (χ1) is 9.97. The Bertz CT molecular complexity index is 522. The van der Waals surface area contributed by atoms with E-state index in [0.717, 1.165) is 36.2 Å². The Kier molecular flexibility index (Phi) is 4.96. The Morgan fingerprint density at radius 2 is 2.00 bits per heavy atom. The number of rotatable bonds is 5. The van der Waals surface area contributed by atoms with Crippen molar-refractivity contribution in [2.24, 2.45) is 0 Å². The van der Waals surface area contributed by atoms with Crippen molar-refractivity contribution in [3.63, 3.8) is 0 Å². The van der Waals surface area contributed by atoms with Gasteiger partial charge >= 0.3 is 5.97 Å². The van der Waals surface area contributed by atoms with Crippen LogP contribution in [0.4, 0.5) is 5.69 Å². The highest BCUT2D eigenvalue weighted by molar-refractivity contribution is 5.93. The fraction of sp³-hybridized carbons (Fsp3) is 0.500. The summed E-state index contributed by atoms with van der Waals surface area (Å²) in [4.78, 5) is 25.0. The number of nitrogens with zero attached hydrogens (tertiary/aromatic N) is 1. The second kappa shape index (κ2) is 6.72. The minimum absolute atomic E-state index is 0.0220. The molecule has 5 nitrogen and oxygen atoms in total. The van der Waals surface area contributed by atoms with Gasteiger partial charge in [-0.3, -0.25) is 14.5 Å².